The largest absolute Gasteiger partial charge is 0.497 e. The lowest BCUT2D eigenvalue weighted by Gasteiger charge is -2.36. The van der Waals surface area contributed by atoms with Gasteiger partial charge in [0, 0.05) is 33.5 Å². The first kappa shape index (κ1) is 24.6. The molecule has 1 unspecified atom stereocenters. The number of pyridine rings is 1. The molecular weight excluding hydrogens is 450 g/mol. The Morgan fingerprint density at radius 3 is 2.50 bits per heavy atom. The Hall–Kier alpha value is -2.06. The fraction of sp³-hybridized carbons (Fsp3) is 0.417. The molecule has 1 saturated heterocycles. The second-order valence-electron chi connectivity index (χ2n) is 7.17. The highest BCUT2D eigenvalue weighted by molar-refractivity contribution is 8.02. The highest BCUT2D eigenvalue weighted by Gasteiger charge is 2.39. The molecule has 0 bridgehead atoms. The van der Waals surface area contributed by atoms with Crippen molar-refractivity contribution in [1.29, 1.82) is 0 Å². The molecule has 1 fully saturated rings. The van der Waals surface area contributed by atoms with Crippen LogP contribution in [0.4, 0.5) is 0 Å². The number of hydrogen-bond acceptors (Lipinski definition) is 7. The van der Waals surface area contributed by atoms with Crippen molar-refractivity contribution < 1.29 is 23.7 Å². The number of carbonyl (C=O) groups excluding carboxylic acids is 1. The summed E-state index contributed by atoms with van der Waals surface area (Å²) < 4.78 is 22.1. The van der Waals surface area contributed by atoms with E-state index in [0.717, 1.165) is 21.9 Å². The lowest BCUT2D eigenvalue weighted by molar-refractivity contribution is -0.358. The van der Waals surface area contributed by atoms with Crippen molar-refractivity contribution in [3.05, 3.63) is 69.4 Å². The Balaban J connectivity index is 2.02. The fourth-order valence-corrected chi connectivity index (χ4v) is 4.91. The van der Waals surface area contributed by atoms with Gasteiger partial charge in [-0.3, -0.25) is 4.98 Å². The van der Waals surface area contributed by atoms with Crippen molar-refractivity contribution in [3.8, 4) is 5.75 Å². The number of carbonyl (C=O) groups is 1. The average Bonchev–Trinajstić information content (AvgIpc) is 2.77. The molecule has 3 rings (SSSR count). The Labute approximate surface area is 198 Å². The van der Waals surface area contributed by atoms with Gasteiger partial charge in [-0.05, 0) is 50.1 Å². The van der Waals surface area contributed by atoms with E-state index in [1.54, 1.807) is 45.0 Å². The van der Waals surface area contributed by atoms with Crippen molar-refractivity contribution in [2.45, 2.75) is 51.4 Å². The number of rotatable bonds is 10. The molecule has 2 heterocycles. The summed E-state index contributed by atoms with van der Waals surface area (Å²) in [6.45, 7) is 5.88. The predicted molar refractivity (Wildman–Crippen MR) is 126 cm³/mol. The highest BCUT2D eigenvalue weighted by atomic mass is 35.5. The van der Waals surface area contributed by atoms with Gasteiger partial charge in [-0.2, -0.15) is 0 Å². The molecule has 2 aromatic rings. The van der Waals surface area contributed by atoms with E-state index in [2.05, 4.69) is 11.9 Å². The molecule has 1 aromatic heterocycles. The summed E-state index contributed by atoms with van der Waals surface area (Å²) in [5.74, 6) is 0.824. The van der Waals surface area contributed by atoms with Crippen molar-refractivity contribution in [2.75, 3.05) is 13.7 Å². The third-order valence-corrected chi connectivity index (χ3v) is 6.53. The molecule has 1 aromatic carbocycles. The molecule has 0 aliphatic carbocycles. The molecule has 6 nitrogen and oxygen atoms in total. The van der Waals surface area contributed by atoms with E-state index in [9.17, 15) is 4.79 Å². The van der Waals surface area contributed by atoms with E-state index in [-0.39, 0.29) is 18.8 Å². The number of allylic oxidation sites excluding steroid dienone is 1. The summed E-state index contributed by atoms with van der Waals surface area (Å²) >= 11 is 7.81. The number of methoxy groups -OCH3 is 1. The summed E-state index contributed by atoms with van der Waals surface area (Å²) in [5, 5.41) is 0.593. The quantitative estimate of drug-likeness (QED) is 0.321. The van der Waals surface area contributed by atoms with Gasteiger partial charge in [-0.1, -0.05) is 30.7 Å². The third kappa shape index (κ3) is 6.04. The van der Waals surface area contributed by atoms with Crippen LogP contribution in [-0.2, 0) is 24.8 Å². The first-order chi connectivity index (χ1) is 15.5. The Kier molecular flexibility index (Phi) is 8.99. The van der Waals surface area contributed by atoms with Crippen molar-refractivity contribution in [3.63, 3.8) is 0 Å². The normalized spacial score (nSPS) is 19.5. The van der Waals surface area contributed by atoms with Gasteiger partial charge >= 0.3 is 5.97 Å². The van der Waals surface area contributed by atoms with Gasteiger partial charge in [0.2, 0.25) is 0 Å². The zero-order valence-electron chi connectivity index (χ0n) is 18.7. The van der Waals surface area contributed by atoms with Crippen LogP contribution in [0.5, 0.6) is 5.75 Å². The van der Waals surface area contributed by atoms with Gasteiger partial charge < -0.3 is 18.9 Å². The second kappa shape index (κ2) is 11.7. The van der Waals surface area contributed by atoms with E-state index < -0.39 is 12.3 Å². The lowest BCUT2D eigenvalue weighted by atomic mass is 9.97. The Morgan fingerprint density at radius 1 is 1.22 bits per heavy atom. The molecule has 0 N–H and O–H groups in total. The maximum atomic E-state index is 13.0. The number of aromatic nitrogens is 1. The van der Waals surface area contributed by atoms with E-state index in [1.807, 2.05) is 30.3 Å². The van der Waals surface area contributed by atoms with Crippen LogP contribution >= 0.6 is 23.4 Å². The van der Waals surface area contributed by atoms with E-state index >= 15 is 0 Å². The van der Waals surface area contributed by atoms with Crippen LogP contribution in [0, 0.1) is 0 Å². The molecule has 1 aliphatic rings. The third-order valence-electron chi connectivity index (χ3n) is 5.01. The summed E-state index contributed by atoms with van der Waals surface area (Å²) in [7, 11) is 1.64. The van der Waals surface area contributed by atoms with Gasteiger partial charge in [0.05, 0.1) is 13.7 Å². The van der Waals surface area contributed by atoms with Gasteiger partial charge in [0.25, 0.3) is 0 Å². The molecule has 0 radical (unpaired) electrons. The first-order valence-electron chi connectivity index (χ1n) is 10.6. The van der Waals surface area contributed by atoms with Crippen LogP contribution < -0.4 is 4.74 Å². The number of halogens is 1. The maximum absolute atomic E-state index is 13.0. The van der Waals surface area contributed by atoms with Gasteiger partial charge in [0.1, 0.15) is 11.3 Å². The monoisotopic (exact) mass is 477 g/mol. The van der Waals surface area contributed by atoms with Crippen molar-refractivity contribution in [1.82, 2.24) is 4.98 Å². The standard InChI is InChI=1S/C24H28ClNO5S/c1-5-19(20-13-17(25)11-12-26-20)22(32-14-16-7-9-18(28-4)10-8-16)21(23(27)29-6-2)24-30-15(3)31-24/h7-13,15,19,24H,5-6,14H2,1-4H3/b22-21+. The minimum atomic E-state index is -0.768. The van der Waals surface area contributed by atoms with Crippen molar-refractivity contribution in [2.24, 2.45) is 0 Å². The van der Waals surface area contributed by atoms with Crippen molar-refractivity contribution >= 4 is 29.3 Å². The summed E-state index contributed by atoms with van der Waals surface area (Å²) in [6, 6.07) is 11.4. The Bertz CT molecular complexity index is 944. The van der Waals surface area contributed by atoms with Crippen LogP contribution in [0.15, 0.2) is 53.1 Å². The smallest absolute Gasteiger partial charge is 0.340 e. The van der Waals surface area contributed by atoms with Crippen LogP contribution in [0.25, 0.3) is 0 Å². The topological polar surface area (TPSA) is 66.9 Å². The van der Waals surface area contributed by atoms with Crippen LogP contribution in [0.2, 0.25) is 5.02 Å². The molecule has 0 saturated carbocycles. The van der Waals surface area contributed by atoms with Gasteiger partial charge in [-0.15, -0.1) is 11.8 Å². The number of esters is 1. The summed E-state index contributed by atoms with van der Waals surface area (Å²) in [5.41, 5.74) is 2.26. The van der Waals surface area contributed by atoms with E-state index in [4.69, 9.17) is 30.5 Å². The number of thioether (sulfide) groups is 1. The van der Waals surface area contributed by atoms with Gasteiger partial charge in [-0.25, -0.2) is 4.79 Å². The first-order valence-corrected chi connectivity index (χ1v) is 11.9. The Morgan fingerprint density at radius 2 is 1.94 bits per heavy atom. The van der Waals surface area contributed by atoms with Crippen LogP contribution in [-0.4, -0.2) is 37.3 Å². The molecular formula is C24H28ClNO5S. The summed E-state index contributed by atoms with van der Waals surface area (Å²) in [6.07, 6.45) is 1.25. The van der Waals surface area contributed by atoms with Crippen LogP contribution in [0.1, 0.15) is 44.4 Å². The predicted octanol–water partition coefficient (Wildman–Crippen LogP) is 5.71. The lowest BCUT2D eigenvalue weighted by Crippen LogP contribution is -2.43. The number of benzene rings is 1. The zero-order valence-corrected chi connectivity index (χ0v) is 20.2. The molecule has 1 atom stereocenters. The second-order valence-corrected chi connectivity index (χ2v) is 8.62. The molecule has 0 amide bonds. The number of hydrogen-bond donors (Lipinski definition) is 0. The molecule has 1 aliphatic heterocycles. The summed E-state index contributed by atoms with van der Waals surface area (Å²) in [4.78, 5) is 18.4. The molecule has 0 spiro atoms. The van der Waals surface area contributed by atoms with E-state index in [1.165, 1.54) is 0 Å². The average molecular weight is 478 g/mol. The molecule has 32 heavy (non-hydrogen) atoms. The fourth-order valence-electron chi connectivity index (χ4n) is 3.41. The zero-order chi connectivity index (χ0) is 23.1. The number of nitrogens with zero attached hydrogens (tertiary/aromatic N) is 1. The highest BCUT2D eigenvalue weighted by Crippen LogP contribution is 2.42. The van der Waals surface area contributed by atoms with E-state index in [0.29, 0.717) is 22.8 Å². The minimum Gasteiger partial charge on any atom is -0.497 e. The number of ether oxygens (including phenoxy) is 4. The SMILES string of the molecule is CCOC(=O)/C(=C(\SCc1ccc(OC)cc1)C(CC)c1cc(Cl)ccn1)C1OC(C)O1. The maximum Gasteiger partial charge on any atom is 0.340 e. The van der Waals surface area contributed by atoms with Crippen LogP contribution in [0.3, 0.4) is 0 Å². The minimum absolute atomic E-state index is 0.167. The van der Waals surface area contributed by atoms with Gasteiger partial charge in [0.15, 0.2) is 12.6 Å². The molecule has 172 valence electrons. The molecule has 8 heteroatoms.